The molecule has 0 amide bonds. The van der Waals surface area contributed by atoms with Crippen molar-refractivity contribution in [1.29, 1.82) is 0 Å². The molecule has 7 heteroatoms. The summed E-state index contributed by atoms with van der Waals surface area (Å²) in [5.41, 5.74) is 0.363. The molecular formula is C14H10BrCl2F2NO. The Bertz CT molecular complexity index is 670. The van der Waals surface area contributed by atoms with Gasteiger partial charge in [0.15, 0.2) is 0 Å². The molecule has 0 aromatic heterocycles. The van der Waals surface area contributed by atoms with Crippen molar-refractivity contribution >= 4 is 44.8 Å². The zero-order valence-corrected chi connectivity index (χ0v) is 13.6. The summed E-state index contributed by atoms with van der Waals surface area (Å²) in [4.78, 5) is 0. The Labute approximate surface area is 138 Å². The molecule has 1 unspecified atom stereocenters. The van der Waals surface area contributed by atoms with Crippen LogP contribution in [-0.4, -0.2) is 11.7 Å². The van der Waals surface area contributed by atoms with Gasteiger partial charge in [-0.3, -0.25) is 0 Å². The van der Waals surface area contributed by atoms with E-state index >= 15 is 0 Å². The number of anilines is 1. The van der Waals surface area contributed by atoms with Gasteiger partial charge in [-0.1, -0.05) is 23.2 Å². The topological polar surface area (TPSA) is 32.3 Å². The number of halogens is 5. The average Bonchev–Trinajstić information content (AvgIpc) is 2.46. The van der Waals surface area contributed by atoms with Crippen molar-refractivity contribution in [3.05, 3.63) is 62.0 Å². The Morgan fingerprint density at radius 2 is 1.86 bits per heavy atom. The lowest BCUT2D eigenvalue weighted by Gasteiger charge is -2.15. The van der Waals surface area contributed by atoms with Crippen LogP contribution < -0.4 is 5.32 Å². The second kappa shape index (κ2) is 6.92. The maximum Gasteiger partial charge on any atom is 0.129 e. The van der Waals surface area contributed by atoms with Gasteiger partial charge in [0.05, 0.1) is 21.8 Å². The Balaban J connectivity index is 2.13. The van der Waals surface area contributed by atoms with Gasteiger partial charge in [0.1, 0.15) is 11.6 Å². The van der Waals surface area contributed by atoms with Gasteiger partial charge in [0.2, 0.25) is 0 Å². The monoisotopic (exact) mass is 395 g/mol. The molecule has 0 fully saturated rings. The molecule has 2 aromatic carbocycles. The smallest absolute Gasteiger partial charge is 0.129 e. The molecule has 0 aliphatic carbocycles. The van der Waals surface area contributed by atoms with E-state index in [0.717, 1.165) is 18.2 Å². The van der Waals surface area contributed by atoms with Crippen molar-refractivity contribution in [3.63, 3.8) is 0 Å². The highest BCUT2D eigenvalue weighted by molar-refractivity contribution is 9.10. The number of nitrogens with one attached hydrogen (secondary N) is 1. The fraction of sp³-hybridized carbons (Fsp3) is 0.143. The largest absolute Gasteiger partial charge is 0.386 e. The molecule has 0 saturated heterocycles. The molecule has 21 heavy (non-hydrogen) atoms. The highest BCUT2D eigenvalue weighted by atomic mass is 79.9. The van der Waals surface area contributed by atoms with Gasteiger partial charge >= 0.3 is 0 Å². The van der Waals surface area contributed by atoms with Crippen LogP contribution in [0.5, 0.6) is 0 Å². The van der Waals surface area contributed by atoms with Gasteiger partial charge in [-0.25, -0.2) is 8.78 Å². The molecule has 0 heterocycles. The van der Waals surface area contributed by atoms with Crippen LogP contribution in [0.1, 0.15) is 11.7 Å². The van der Waals surface area contributed by atoms with E-state index in [2.05, 4.69) is 21.2 Å². The number of aliphatic hydroxyl groups excluding tert-OH is 1. The number of aliphatic hydroxyl groups is 1. The van der Waals surface area contributed by atoms with E-state index in [0.29, 0.717) is 15.2 Å². The minimum absolute atomic E-state index is 0.0436. The lowest BCUT2D eigenvalue weighted by Crippen LogP contribution is -2.14. The van der Waals surface area contributed by atoms with Gasteiger partial charge in [-0.05, 0) is 46.3 Å². The SMILES string of the molecule is OC(CNc1ccc(Br)c(Cl)c1Cl)c1cc(F)ccc1F. The van der Waals surface area contributed by atoms with E-state index < -0.39 is 17.7 Å². The Kier molecular flexibility index (Phi) is 5.43. The molecular weight excluding hydrogens is 387 g/mol. The maximum atomic E-state index is 13.5. The molecule has 0 saturated carbocycles. The first kappa shape index (κ1) is 16.5. The summed E-state index contributed by atoms with van der Waals surface area (Å²) in [6, 6.07) is 6.26. The normalized spacial score (nSPS) is 12.3. The van der Waals surface area contributed by atoms with Crippen LogP contribution in [0.25, 0.3) is 0 Å². The highest BCUT2D eigenvalue weighted by Gasteiger charge is 2.15. The lowest BCUT2D eigenvalue weighted by molar-refractivity contribution is 0.186. The molecule has 1 atom stereocenters. The minimum atomic E-state index is -1.22. The van der Waals surface area contributed by atoms with E-state index in [1.165, 1.54) is 0 Å². The van der Waals surface area contributed by atoms with Crippen LogP contribution in [-0.2, 0) is 0 Å². The Hall–Kier alpha value is -0.880. The van der Waals surface area contributed by atoms with E-state index in [-0.39, 0.29) is 17.1 Å². The van der Waals surface area contributed by atoms with Crippen LogP contribution in [0.3, 0.4) is 0 Å². The van der Waals surface area contributed by atoms with Gasteiger partial charge in [0.25, 0.3) is 0 Å². The van der Waals surface area contributed by atoms with E-state index in [4.69, 9.17) is 23.2 Å². The number of hydrogen-bond acceptors (Lipinski definition) is 2. The van der Waals surface area contributed by atoms with E-state index in [1.54, 1.807) is 12.1 Å². The molecule has 0 aliphatic heterocycles. The maximum absolute atomic E-state index is 13.5. The molecule has 2 nitrogen and oxygen atoms in total. The Morgan fingerprint density at radius 1 is 1.14 bits per heavy atom. The number of hydrogen-bond donors (Lipinski definition) is 2. The number of benzene rings is 2. The van der Waals surface area contributed by atoms with E-state index in [9.17, 15) is 13.9 Å². The summed E-state index contributed by atoms with van der Waals surface area (Å²) < 4.78 is 27.3. The molecule has 0 radical (unpaired) electrons. The summed E-state index contributed by atoms with van der Waals surface area (Å²) in [5, 5.41) is 13.4. The first-order chi connectivity index (χ1) is 9.90. The summed E-state index contributed by atoms with van der Waals surface area (Å²) >= 11 is 15.2. The summed E-state index contributed by atoms with van der Waals surface area (Å²) in [6.07, 6.45) is -1.22. The van der Waals surface area contributed by atoms with Crippen LogP contribution >= 0.6 is 39.1 Å². The molecule has 2 N–H and O–H groups in total. The molecule has 0 bridgehead atoms. The first-order valence-electron chi connectivity index (χ1n) is 5.90. The third-order valence-corrected chi connectivity index (χ3v) is 4.61. The highest BCUT2D eigenvalue weighted by Crippen LogP contribution is 2.36. The minimum Gasteiger partial charge on any atom is -0.386 e. The summed E-state index contributed by atoms with van der Waals surface area (Å²) in [5.74, 6) is -1.29. The quantitative estimate of drug-likeness (QED) is 0.698. The zero-order chi connectivity index (χ0) is 15.6. The predicted octanol–water partition coefficient (Wildman–Crippen LogP) is 5.18. The van der Waals surface area contributed by atoms with E-state index in [1.807, 2.05) is 0 Å². The third kappa shape index (κ3) is 3.86. The van der Waals surface area contributed by atoms with Gasteiger partial charge in [-0.15, -0.1) is 0 Å². The fourth-order valence-electron chi connectivity index (χ4n) is 1.75. The lowest BCUT2D eigenvalue weighted by atomic mass is 10.1. The standard InChI is InChI=1S/C14H10BrCl2F2NO/c15-9-2-4-11(14(17)13(9)16)20-6-12(21)8-5-7(18)1-3-10(8)19/h1-5,12,20-21H,6H2. The molecule has 2 rings (SSSR count). The summed E-state index contributed by atoms with van der Waals surface area (Å²) in [6.45, 7) is -0.0436. The third-order valence-electron chi connectivity index (χ3n) is 2.84. The van der Waals surface area contributed by atoms with Crippen molar-refractivity contribution in [2.75, 3.05) is 11.9 Å². The van der Waals surface area contributed by atoms with Crippen LogP contribution in [0.15, 0.2) is 34.8 Å². The zero-order valence-electron chi connectivity index (χ0n) is 10.5. The van der Waals surface area contributed by atoms with Crippen LogP contribution in [0, 0.1) is 11.6 Å². The molecule has 112 valence electrons. The summed E-state index contributed by atoms with van der Waals surface area (Å²) in [7, 11) is 0. The van der Waals surface area contributed by atoms with Crippen molar-refractivity contribution in [2.45, 2.75) is 6.10 Å². The van der Waals surface area contributed by atoms with Crippen LogP contribution in [0.2, 0.25) is 10.0 Å². The second-order valence-corrected chi connectivity index (χ2v) is 5.90. The average molecular weight is 397 g/mol. The second-order valence-electron chi connectivity index (χ2n) is 4.29. The fourth-order valence-corrected chi connectivity index (χ4v) is 2.59. The predicted molar refractivity (Wildman–Crippen MR) is 84.0 cm³/mol. The van der Waals surface area contributed by atoms with Crippen molar-refractivity contribution in [3.8, 4) is 0 Å². The molecule has 2 aromatic rings. The van der Waals surface area contributed by atoms with Gasteiger partial charge in [0, 0.05) is 16.6 Å². The molecule has 0 spiro atoms. The van der Waals surface area contributed by atoms with Crippen molar-refractivity contribution < 1.29 is 13.9 Å². The van der Waals surface area contributed by atoms with Crippen molar-refractivity contribution in [1.82, 2.24) is 0 Å². The van der Waals surface area contributed by atoms with Gasteiger partial charge in [-0.2, -0.15) is 0 Å². The van der Waals surface area contributed by atoms with Gasteiger partial charge < -0.3 is 10.4 Å². The first-order valence-corrected chi connectivity index (χ1v) is 7.45. The molecule has 0 aliphatic rings. The van der Waals surface area contributed by atoms with Crippen LogP contribution in [0.4, 0.5) is 14.5 Å². The Morgan fingerprint density at radius 3 is 2.57 bits per heavy atom. The number of rotatable bonds is 4. The van der Waals surface area contributed by atoms with Crippen molar-refractivity contribution in [2.24, 2.45) is 0 Å².